The Morgan fingerprint density at radius 1 is 0.943 bits per heavy atom. The van der Waals surface area contributed by atoms with Gasteiger partial charge in [-0.05, 0) is 31.0 Å². The number of rotatable bonds is 6. The maximum absolute atomic E-state index is 13.7. The first kappa shape index (κ1) is 22.7. The Hall–Kier alpha value is -4.03. The molecule has 1 N–H and O–H groups in total. The number of aryl methyl sites for hydroxylation is 1. The van der Waals surface area contributed by atoms with Gasteiger partial charge in [-0.2, -0.15) is 0 Å². The monoisotopic (exact) mass is 464 g/mol. The number of carbonyl (C=O) groups is 1. The van der Waals surface area contributed by atoms with Crippen molar-refractivity contribution in [2.75, 3.05) is 11.9 Å². The number of para-hydroxylation sites is 1. The van der Waals surface area contributed by atoms with Crippen molar-refractivity contribution in [1.29, 1.82) is 0 Å². The summed E-state index contributed by atoms with van der Waals surface area (Å²) in [6.07, 6.45) is 0.614. The van der Waals surface area contributed by atoms with Gasteiger partial charge in [-0.1, -0.05) is 78.4 Å². The fraction of sp³-hybridized carbons (Fsp3) is 0.207. The molecule has 6 nitrogen and oxygen atoms in total. The van der Waals surface area contributed by atoms with Crippen LogP contribution in [-0.4, -0.2) is 26.9 Å². The average molecular weight is 465 g/mol. The molecule has 0 bridgehead atoms. The SMILES string of the molecule is Cc1ccc(-c2nc3c(c(=O)n2CC(=O)Nc2ccccc2)CCN(Cc2ccccc2)C3)cc1. The fourth-order valence-corrected chi connectivity index (χ4v) is 4.49. The molecule has 0 unspecified atom stereocenters. The molecule has 176 valence electrons. The summed E-state index contributed by atoms with van der Waals surface area (Å²) in [5.74, 6) is 0.272. The van der Waals surface area contributed by atoms with Gasteiger partial charge in [0.05, 0.1) is 5.69 Å². The highest BCUT2D eigenvalue weighted by Crippen LogP contribution is 2.22. The van der Waals surface area contributed by atoms with Gasteiger partial charge < -0.3 is 5.32 Å². The van der Waals surface area contributed by atoms with Gasteiger partial charge in [-0.3, -0.25) is 19.1 Å². The number of anilines is 1. The zero-order valence-electron chi connectivity index (χ0n) is 19.8. The molecule has 1 aliphatic rings. The Morgan fingerprint density at radius 3 is 2.34 bits per heavy atom. The van der Waals surface area contributed by atoms with Crippen LogP contribution in [0.4, 0.5) is 5.69 Å². The van der Waals surface area contributed by atoms with Gasteiger partial charge in [0.1, 0.15) is 12.4 Å². The Bertz CT molecular complexity index is 1380. The first-order chi connectivity index (χ1) is 17.1. The maximum Gasteiger partial charge on any atom is 0.257 e. The summed E-state index contributed by atoms with van der Waals surface area (Å²) in [7, 11) is 0. The predicted molar refractivity (Wildman–Crippen MR) is 138 cm³/mol. The topological polar surface area (TPSA) is 67.2 Å². The van der Waals surface area contributed by atoms with E-state index in [2.05, 4.69) is 22.3 Å². The number of fused-ring (bicyclic) bond motifs is 1. The molecule has 1 amide bonds. The second-order valence-electron chi connectivity index (χ2n) is 8.98. The number of amides is 1. The van der Waals surface area contributed by atoms with Crippen LogP contribution in [0.25, 0.3) is 11.4 Å². The van der Waals surface area contributed by atoms with Crippen molar-refractivity contribution in [3.63, 3.8) is 0 Å². The quantitative estimate of drug-likeness (QED) is 0.459. The lowest BCUT2D eigenvalue weighted by atomic mass is 10.0. The summed E-state index contributed by atoms with van der Waals surface area (Å²) in [6, 6.07) is 27.5. The highest BCUT2D eigenvalue weighted by Gasteiger charge is 2.25. The van der Waals surface area contributed by atoms with Crippen LogP contribution >= 0.6 is 0 Å². The van der Waals surface area contributed by atoms with Crippen LogP contribution in [0.2, 0.25) is 0 Å². The van der Waals surface area contributed by atoms with E-state index in [9.17, 15) is 9.59 Å². The number of hydrogen-bond acceptors (Lipinski definition) is 4. The van der Waals surface area contributed by atoms with Crippen molar-refractivity contribution in [3.8, 4) is 11.4 Å². The van der Waals surface area contributed by atoms with Gasteiger partial charge in [0, 0.05) is 36.4 Å². The summed E-state index contributed by atoms with van der Waals surface area (Å²) in [5.41, 5.74) is 5.25. The van der Waals surface area contributed by atoms with Crippen LogP contribution in [-0.2, 0) is 30.8 Å². The van der Waals surface area contributed by atoms with Gasteiger partial charge in [0.25, 0.3) is 5.56 Å². The third kappa shape index (κ3) is 5.23. The first-order valence-electron chi connectivity index (χ1n) is 11.9. The molecule has 35 heavy (non-hydrogen) atoms. The maximum atomic E-state index is 13.7. The van der Waals surface area contributed by atoms with Crippen molar-refractivity contribution in [2.24, 2.45) is 0 Å². The van der Waals surface area contributed by atoms with Gasteiger partial charge >= 0.3 is 0 Å². The normalized spacial score (nSPS) is 13.3. The van der Waals surface area contributed by atoms with Crippen LogP contribution in [0.5, 0.6) is 0 Å². The number of benzene rings is 3. The van der Waals surface area contributed by atoms with Gasteiger partial charge in [0.2, 0.25) is 5.91 Å². The van der Waals surface area contributed by atoms with E-state index < -0.39 is 0 Å². The summed E-state index contributed by atoms with van der Waals surface area (Å²) in [6.45, 7) is 4.12. The Kier molecular flexibility index (Phi) is 6.55. The van der Waals surface area contributed by atoms with E-state index in [1.54, 1.807) is 0 Å². The second kappa shape index (κ2) is 10.1. The summed E-state index contributed by atoms with van der Waals surface area (Å²) in [5, 5.41) is 2.89. The predicted octanol–water partition coefficient (Wildman–Crippen LogP) is 4.42. The molecule has 0 spiro atoms. The number of nitrogens with zero attached hydrogens (tertiary/aromatic N) is 3. The molecule has 5 rings (SSSR count). The molecule has 0 atom stereocenters. The molecular formula is C29H28N4O2. The molecule has 6 heteroatoms. The van der Waals surface area contributed by atoms with Crippen LogP contribution in [0, 0.1) is 6.92 Å². The van der Waals surface area contributed by atoms with E-state index in [1.165, 1.54) is 10.1 Å². The van der Waals surface area contributed by atoms with Crippen molar-refractivity contribution in [1.82, 2.24) is 14.5 Å². The van der Waals surface area contributed by atoms with E-state index >= 15 is 0 Å². The minimum atomic E-state index is -0.255. The number of nitrogens with one attached hydrogen (secondary N) is 1. The minimum absolute atomic E-state index is 0.0923. The van der Waals surface area contributed by atoms with Crippen molar-refractivity contribution in [3.05, 3.63) is 118 Å². The Morgan fingerprint density at radius 2 is 1.63 bits per heavy atom. The first-order valence-corrected chi connectivity index (χ1v) is 11.9. The lowest BCUT2D eigenvalue weighted by Gasteiger charge is -2.29. The summed E-state index contributed by atoms with van der Waals surface area (Å²) in [4.78, 5) is 33.8. The van der Waals surface area contributed by atoms with E-state index in [1.807, 2.05) is 79.7 Å². The Labute approximate surface area is 204 Å². The van der Waals surface area contributed by atoms with Crippen LogP contribution in [0.1, 0.15) is 22.4 Å². The van der Waals surface area contributed by atoms with Gasteiger partial charge in [-0.25, -0.2) is 4.98 Å². The molecular weight excluding hydrogens is 436 g/mol. The zero-order chi connectivity index (χ0) is 24.2. The molecule has 0 saturated carbocycles. The van der Waals surface area contributed by atoms with Crippen LogP contribution < -0.4 is 10.9 Å². The summed E-state index contributed by atoms with van der Waals surface area (Å²) >= 11 is 0. The highest BCUT2D eigenvalue weighted by atomic mass is 16.2. The second-order valence-corrected chi connectivity index (χ2v) is 8.98. The van der Waals surface area contributed by atoms with E-state index in [-0.39, 0.29) is 18.0 Å². The number of aromatic nitrogens is 2. The smallest absolute Gasteiger partial charge is 0.257 e. The lowest BCUT2D eigenvalue weighted by Crippen LogP contribution is -2.39. The number of hydrogen-bond donors (Lipinski definition) is 1. The molecule has 0 fully saturated rings. The third-order valence-corrected chi connectivity index (χ3v) is 6.32. The largest absolute Gasteiger partial charge is 0.325 e. The molecule has 0 aliphatic carbocycles. The Balaban J connectivity index is 1.48. The van der Waals surface area contributed by atoms with Crippen molar-refractivity contribution >= 4 is 11.6 Å². The lowest BCUT2D eigenvalue weighted by molar-refractivity contribution is -0.116. The number of carbonyl (C=O) groups excluding carboxylic acids is 1. The highest BCUT2D eigenvalue weighted by molar-refractivity contribution is 5.90. The van der Waals surface area contributed by atoms with Crippen molar-refractivity contribution in [2.45, 2.75) is 33.0 Å². The molecule has 1 aromatic heterocycles. The molecule has 1 aliphatic heterocycles. The van der Waals surface area contributed by atoms with Crippen LogP contribution in [0.15, 0.2) is 89.7 Å². The third-order valence-electron chi connectivity index (χ3n) is 6.32. The molecule has 0 saturated heterocycles. The van der Waals surface area contributed by atoms with E-state index in [4.69, 9.17) is 4.98 Å². The molecule has 0 radical (unpaired) electrons. The van der Waals surface area contributed by atoms with E-state index in [0.717, 1.165) is 29.9 Å². The molecule has 3 aromatic carbocycles. The molecule has 4 aromatic rings. The van der Waals surface area contributed by atoms with Crippen molar-refractivity contribution < 1.29 is 4.79 Å². The minimum Gasteiger partial charge on any atom is -0.325 e. The van der Waals surface area contributed by atoms with E-state index in [0.29, 0.717) is 30.0 Å². The van der Waals surface area contributed by atoms with Gasteiger partial charge in [0.15, 0.2) is 0 Å². The average Bonchev–Trinajstić information content (AvgIpc) is 2.87. The molecule has 2 heterocycles. The fourth-order valence-electron chi connectivity index (χ4n) is 4.49. The summed E-state index contributed by atoms with van der Waals surface area (Å²) < 4.78 is 1.52. The zero-order valence-corrected chi connectivity index (χ0v) is 19.8. The van der Waals surface area contributed by atoms with Crippen LogP contribution in [0.3, 0.4) is 0 Å². The van der Waals surface area contributed by atoms with Gasteiger partial charge in [-0.15, -0.1) is 0 Å². The standard InChI is InChI=1S/C29H28N4O2/c1-21-12-14-23(15-13-21)28-31-26-19-32(18-22-8-4-2-5-9-22)17-16-25(26)29(35)33(28)20-27(34)30-24-10-6-3-7-11-24/h2-15H,16-20H2,1H3,(H,30,34).